The van der Waals surface area contributed by atoms with Crippen LogP contribution in [-0.4, -0.2) is 23.1 Å². The van der Waals surface area contributed by atoms with Crippen LogP contribution in [0.25, 0.3) is 0 Å². The van der Waals surface area contributed by atoms with Gasteiger partial charge in [0.2, 0.25) is 0 Å². The fraction of sp³-hybridized carbons (Fsp3) is 0.778. The van der Waals surface area contributed by atoms with E-state index in [0.29, 0.717) is 12.8 Å². The van der Waals surface area contributed by atoms with E-state index in [1.807, 2.05) is 6.92 Å². The highest BCUT2D eigenvalue weighted by atomic mass is 16.2. The molecule has 4 heteroatoms. The molecule has 2 rings (SSSR count). The van der Waals surface area contributed by atoms with E-state index in [1.54, 1.807) is 27.7 Å². The number of hydrogen-bond donors (Lipinski definition) is 0. The summed E-state index contributed by atoms with van der Waals surface area (Å²) in [5.74, 6) is -3.03. The van der Waals surface area contributed by atoms with E-state index in [2.05, 4.69) is 0 Å². The molecule has 22 heavy (non-hydrogen) atoms. The smallest absolute Gasteiger partial charge is 0.140 e. The van der Waals surface area contributed by atoms with Crippen LogP contribution in [-0.2, 0) is 19.2 Å². The van der Waals surface area contributed by atoms with Crippen molar-refractivity contribution in [2.24, 2.45) is 41.4 Å². The van der Waals surface area contributed by atoms with Gasteiger partial charge in [0.25, 0.3) is 0 Å². The zero-order chi connectivity index (χ0) is 16.8. The lowest BCUT2D eigenvalue weighted by molar-refractivity contribution is -0.166. The molecule has 0 N–H and O–H groups in total. The molecule has 0 saturated heterocycles. The molecule has 0 heterocycles. The van der Waals surface area contributed by atoms with E-state index in [-0.39, 0.29) is 40.9 Å². The molecule has 2 fully saturated rings. The summed E-state index contributed by atoms with van der Waals surface area (Å²) in [6.07, 6.45) is 0.883. The number of carbonyl (C=O) groups is 4. The summed E-state index contributed by atoms with van der Waals surface area (Å²) < 4.78 is 0. The Bertz CT molecular complexity index is 517. The van der Waals surface area contributed by atoms with Gasteiger partial charge in [0.15, 0.2) is 0 Å². The van der Waals surface area contributed by atoms with Gasteiger partial charge in [-0.3, -0.25) is 19.2 Å². The fourth-order valence-corrected chi connectivity index (χ4v) is 3.98. The summed E-state index contributed by atoms with van der Waals surface area (Å²) in [7, 11) is 0. The van der Waals surface area contributed by atoms with E-state index in [0.717, 1.165) is 0 Å². The molecule has 5 atom stereocenters. The average molecular weight is 306 g/mol. The van der Waals surface area contributed by atoms with Crippen LogP contribution in [0.2, 0.25) is 0 Å². The van der Waals surface area contributed by atoms with Crippen molar-refractivity contribution < 1.29 is 19.2 Å². The maximum absolute atomic E-state index is 12.6. The molecule has 0 aromatic rings. The van der Waals surface area contributed by atoms with Crippen molar-refractivity contribution >= 4 is 23.1 Å². The van der Waals surface area contributed by atoms with Crippen LogP contribution >= 0.6 is 0 Å². The zero-order valence-electron chi connectivity index (χ0n) is 14.1. The molecule has 4 nitrogen and oxygen atoms in total. The van der Waals surface area contributed by atoms with Crippen LogP contribution in [0.15, 0.2) is 0 Å². The number of ketones is 4. The van der Waals surface area contributed by atoms with Crippen LogP contribution in [0, 0.1) is 41.4 Å². The highest BCUT2D eigenvalue weighted by Gasteiger charge is 2.63. The molecule has 0 aromatic carbocycles. The highest BCUT2D eigenvalue weighted by Crippen LogP contribution is 2.53. The average Bonchev–Trinajstić information content (AvgIpc) is 2.49. The van der Waals surface area contributed by atoms with Crippen molar-refractivity contribution in [2.45, 2.75) is 47.5 Å². The van der Waals surface area contributed by atoms with Gasteiger partial charge in [-0.05, 0) is 6.42 Å². The van der Waals surface area contributed by atoms with Crippen molar-refractivity contribution in [3.05, 3.63) is 0 Å². The Kier molecular flexibility index (Phi) is 4.69. The topological polar surface area (TPSA) is 68.3 Å². The molecule has 2 aliphatic rings. The molecular weight excluding hydrogens is 280 g/mol. The van der Waals surface area contributed by atoms with Crippen molar-refractivity contribution in [1.82, 2.24) is 0 Å². The lowest BCUT2D eigenvalue weighted by Crippen LogP contribution is -2.60. The second kappa shape index (κ2) is 6.05. The van der Waals surface area contributed by atoms with E-state index in [9.17, 15) is 19.2 Å². The minimum atomic E-state index is -0.586. The van der Waals surface area contributed by atoms with Crippen LogP contribution in [0.3, 0.4) is 0 Å². The SMILES string of the molecule is CC(C)C(=O)C1C2C(=O)CC[C@H](C)C(=O)C2C1C(=O)C(C)C. The van der Waals surface area contributed by atoms with Crippen molar-refractivity contribution in [3.8, 4) is 0 Å². The molecular formula is C18H26O4. The maximum Gasteiger partial charge on any atom is 0.140 e. The van der Waals surface area contributed by atoms with Crippen LogP contribution in [0.4, 0.5) is 0 Å². The van der Waals surface area contributed by atoms with Crippen LogP contribution in [0.5, 0.6) is 0 Å². The van der Waals surface area contributed by atoms with Crippen LogP contribution in [0.1, 0.15) is 47.5 Å². The third-order valence-corrected chi connectivity index (χ3v) is 5.35. The Balaban J connectivity index is 2.43. The van der Waals surface area contributed by atoms with Crippen molar-refractivity contribution in [2.75, 3.05) is 0 Å². The molecule has 2 aliphatic carbocycles. The Morgan fingerprint density at radius 2 is 1.36 bits per heavy atom. The van der Waals surface area contributed by atoms with Crippen molar-refractivity contribution in [3.63, 3.8) is 0 Å². The molecule has 122 valence electrons. The van der Waals surface area contributed by atoms with Gasteiger partial charge in [0, 0.05) is 47.8 Å². The maximum atomic E-state index is 12.6. The van der Waals surface area contributed by atoms with E-state index in [1.165, 1.54) is 0 Å². The third kappa shape index (κ3) is 2.57. The summed E-state index contributed by atoms with van der Waals surface area (Å²) in [4.78, 5) is 50.2. The monoisotopic (exact) mass is 306 g/mol. The summed E-state index contributed by atoms with van der Waals surface area (Å²) in [5, 5.41) is 0. The first-order valence-electron chi connectivity index (χ1n) is 8.32. The molecule has 2 saturated carbocycles. The highest BCUT2D eigenvalue weighted by molar-refractivity contribution is 6.06. The predicted octanol–water partition coefficient (Wildman–Crippen LogP) is 2.48. The van der Waals surface area contributed by atoms with Crippen molar-refractivity contribution in [1.29, 1.82) is 0 Å². The summed E-state index contributed by atoms with van der Waals surface area (Å²) in [6.45, 7) is 8.99. The first-order valence-corrected chi connectivity index (χ1v) is 8.32. The van der Waals surface area contributed by atoms with Crippen LogP contribution < -0.4 is 0 Å². The Morgan fingerprint density at radius 1 is 0.909 bits per heavy atom. The molecule has 0 radical (unpaired) electrons. The molecule has 0 aliphatic heterocycles. The van der Waals surface area contributed by atoms with E-state index in [4.69, 9.17) is 0 Å². The summed E-state index contributed by atoms with van der Waals surface area (Å²) in [6, 6.07) is 0. The van der Waals surface area contributed by atoms with Gasteiger partial charge in [0.1, 0.15) is 23.1 Å². The molecule has 0 spiro atoms. The molecule has 0 aromatic heterocycles. The minimum absolute atomic E-state index is 0.00246. The quantitative estimate of drug-likeness (QED) is 0.800. The summed E-state index contributed by atoms with van der Waals surface area (Å²) in [5.41, 5.74) is 0. The standard InChI is InChI=1S/C18H26O4/c1-8(2)16(20)13-12-11(19)7-6-10(5)18(22)14(12)15(13)17(21)9(3)4/h8-10,12-15H,6-7H2,1-5H3/t10-,12?,13?,14?,15?/m0/s1. The van der Waals surface area contributed by atoms with Gasteiger partial charge in [-0.25, -0.2) is 0 Å². The van der Waals surface area contributed by atoms with E-state index >= 15 is 0 Å². The molecule has 4 unspecified atom stereocenters. The normalized spacial score (nSPS) is 35.1. The van der Waals surface area contributed by atoms with Gasteiger partial charge in [-0.1, -0.05) is 34.6 Å². The number of carbonyl (C=O) groups excluding carboxylic acids is 4. The minimum Gasteiger partial charge on any atom is -0.299 e. The van der Waals surface area contributed by atoms with Gasteiger partial charge in [-0.15, -0.1) is 0 Å². The lowest BCUT2D eigenvalue weighted by atomic mass is 9.49. The Hall–Kier alpha value is -1.32. The zero-order valence-corrected chi connectivity index (χ0v) is 14.1. The Labute approximate surface area is 132 Å². The van der Waals surface area contributed by atoms with Gasteiger partial charge >= 0.3 is 0 Å². The summed E-state index contributed by atoms with van der Waals surface area (Å²) >= 11 is 0. The van der Waals surface area contributed by atoms with Gasteiger partial charge in [-0.2, -0.15) is 0 Å². The first kappa shape index (κ1) is 17.0. The number of Topliss-reactive ketones (excluding diaryl/α,β-unsaturated/α-hetero) is 4. The van der Waals surface area contributed by atoms with Gasteiger partial charge < -0.3 is 0 Å². The van der Waals surface area contributed by atoms with E-state index < -0.39 is 23.7 Å². The van der Waals surface area contributed by atoms with Gasteiger partial charge in [0.05, 0.1) is 0 Å². The second-order valence-electron chi connectivity index (χ2n) is 7.53. The largest absolute Gasteiger partial charge is 0.299 e. The number of fused-ring (bicyclic) bond motifs is 1. The first-order chi connectivity index (χ1) is 10.2. The molecule has 0 amide bonds. The predicted molar refractivity (Wildman–Crippen MR) is 82.1 cm³/mol. The third-order valence-electron chi connectivity index (χ3n) is 5.35. The molecule has 0 bridgehead atoms. The fourth-order valence-electron chi connectivity index (χ4n) is 3.98. The number of rotatable bonds is 4. The lowest BCUT2D eigenvalue weighted by Gasteiger charge is -2.49. The Morgan fingerprint density at radius 3 is 1.82 bits per heavy atom. The second-order valence-corrected chi connectivity index (χ2v) is 7.53. The number of hydrogen-bond acceptors (Lipinski definition) is 4.